The number of hydrogen-bond acceptors (Lipinski definition) is 5. The smallest absolute Gasteiger partial charge is 0.264 e. The Morgan fingerprint density at radius 3 is 2.21 bits per heavy atom. The normalized spacial score (nSPS) is 11.9. The van der Waals surface area contributed by atoms with Crippen molar-refractivity contribution in [3.05, 3.63) is 89.5 Å². The van der Waals surface area contributed by atoms with Crippen molar-refractivity contribution in [2.24, 2.45) is 0 Å². The molecule has 0 radical (unpaired) electrons. The van der Waals surface area contributed by atoms with E-state index in [0.29, 0.717) is 12.3 Å². The maximum absolute atomic E-state index is 14.0. The molecular formula is C30H37N3O5S. The van der Waals surface area contributed by atoms with E-state index >= 15 is 0 Å². The van der Waals surface area contributed by atoms with Gasteiger partial charge >= 0.3 is 0 Å². The van der Waals surface area contributed by atoms with Crippen LogP contribution >= 0.6 is 0 Å². The van der Waals surface area contributed by atoms with Crippen LogP contribution in [0.4, 0.5) is 5.69 Å². The van der Waals surface area contributed by atoms with Crippen molar-refractivity contribution in [1.29, 1.82) is 0 Å². The molecule has 2 amide bonds. The Labute approximate surface area is 231 Å². The third kappa shape index (κ3) is 7.38. The minimum atomic E-state index is -4.18. The Bertz CT molecular complexity index is 1380. The van der Waals surface area contributed by atoms with Crippen LogP contribution in [0.2, 0.25) is 0 Å². The number of hydrogen-bond donors (Lipinski definition) is 1. The molecule has 0 saturated heterocycles. The van der Waals surface area contributed by atoms with E-state index in [9.17, 15) is 18.0 Å². The Morgan fingerprint density at radius 1 is 0.949 bits per heavy atom. The molecule has 0 bridgehead atoms. The lowest BCUT2D eigenvalue weighted by molar-refractivity contribution is -0.139. The molecule has 1 atom stereocenters. The van der Waals surface area contributed by atoms with Crippen LogP contribution in [0.5, 0.6) is 5.75 Å². The number of benzene rings is 3. The number of methoxy groups -OCH3 is 1. The highest BCUT2D eigenvalue weighted by Crippen LogP contribution is 2.33. The molecule has 0 spiro atoms. The molecule has 3 aromatic carbocycles. The number of rotatable bonds is 12. The SMILES string of the molecule is CCCNC(=O)[C@@H](C)N(Cc1ccccc1)C(=O)CN(c1cc(C)ccc1OC)S(=O)(=O)c1ccc(C)cc1. The first kappa shape index (κ1) is 29.7. The first-order valence-corrected chi connectivity index (χ1v) is 14.4. The Morgan fingerprint density at radius 2 is 1.59 bits per heavy atom. The summed E-state index contributed by atoms with van der Waals surface area (Å²) < 4.78 is 34.6. The molecule has 3 rings (SSSR count). The molecule has 0 aromatic heterocycles. The summed E-state index contributed by atoms with van der Waals surface area (Å²) >= 11 is 0. The molecule has 0 aliphatic carbocycles. The van der Waals surface area contributed by atoms with Crippen LogP contribution < -0.4 is 14.4 Å². The van der Waals surface area contributed by atoms with Gasteiger partial charge in [-0.3, -0.25) is 13.9 Å². The van der Waals surface area contributed by atoms with Crippen molar-refractivity contribution in [2.75, 3.05) is 24.5 Å². The maximum atomic E-state index is 14.0. The number of ether oxygens (including phenoxy) is 1. The van der Waals surface area contributed by atoms with Gasteiger partial charge in [-0.15, -0.1) is 0 Å². The van der Waals surface area contributed by atoms with Gasteiger partial charge in [0.25, 0.3) is 10.0 Å². The van der Waals surface area contributed by atoms with Gasteiger partial charge in [-0.05, 0) is 62.6 Å². The standard InChI is InChI=1S/C30H37N3O5S/c1-6-18-31-30(35)24(4)32(20-25-10-8-7-9-11-25)29(34)21-33(27-19-23(3)14-17-28(27)38-5)39(36,37)26-15-12-22(2)13-16-26/h7-17,19,24H,6,18,20-21H2,1-5H3,(H,31,35)/t24-/m1/s1. The fraction of sp³-hybridized carbons (Fsp3) is 0.333. The van der Waals surface area contributed by atoms with Gasteiger partial charge in [0.1, 0.15) is 18.3 Å². The molecule has 0 saturated carbocycles. The van der Waals surface area contributed by atoms with Crippen LogP contribution in [0, 0.1) is 13.8 Å². The summed E-state index contributed by atoms with van der Waals surface area (Å²) in [5, 5.41) is 2.84. The van der Waals surface area contributed by atoms with E-state index in [-0.39, 0.29) is 23.0 Å². The van der Waals surface area contributed by atoms with Crippen LogP contribution in [0.1, 0.15) is 37.0 Å². The molecular weight excluding hydrogens is 514 g/mol. The average molecular weight is 552 g/mol. The molecule has 39 heavy (non-hydrogen) atoms. The van der Waals surface area contributed by atoms with E-state index in [1.54, 1.807) is 31.2 Å². The van der Waals surface area contributed by atoms with Crippen molar-refractivity contribution in [3.63, 3.8) is 0 Å². The number of amides is 2. The van der Waals surface area contributed by atoms with Gasteiger partial charge in [-0.25, -0.2) is 8.42 Å². The summed E-state index contributed by atoms with van der Waals surface area (Å²) in [5.41, 5.74) is 2.78. The number of carbonyl (C=O) groups excluding carboxylic acids is 2. The molecule has 0 aliphatic heterocycles. The van der Waals surface area contributed by atoms with Gasteiger partial charge in [0, 0.05) is 13.1 Å². The molecule has 8 nitrogen and oxygen atoms in total. The van der Waals surface area contributed by atoms with Crippen LogP contribution in [0.3, 0.4) is 0 Å². The summed E-state index contributed by atoms with van der Waals surface area (Å²) in [6.07, 6.45) is 0.751. The Balaban J connectivity index is 2.08. The van der Waals surface area contributed by atoms with Gasteiger partial charge in [-0.1, -0.05) is 61.0 Å². The first-order valence-electron chi connectivity index (χ1n) is 12.9. The van der Waals surface area contributed by atoms with E-state index in [2.05, 4.69) is 5.32 Å². The third-order valence-electron chi connectivity index (χ3n) is 6.40. The topological polar surface area (TPSA) is 96.0 Å². The van der Waals surface area contributed by atoms with Crippen molar-refractivity contribution >= 4 is 27.5 Å². The van der Waals surface area contributed by atoms with Crippen LogP contribution in [-0.4, -0.2) is 51.4 Å². The third-order valence-corrected chi connectivity index (χ3v) is 8.18. The van der Waals surface area contributed by atoms with Gasteiger partial charge in [0.05, 0.1) is 17.7 Å². The van der Waals surface area contributed by atoms with Crippen molar-refractivity contribution < 1.29 is 22.7 Å². The van der Waals surface area contributed by atoms with E-state index in [4.69, 9.17) is 4.74 Å². The molecule has 0 unspecified atom stereocenters. The summed E-state index contributed by atoms with van der Waals surface area (Å²) in [6, 6.07) is 20.1. The van der Waals surface area contributed by atoms with Gasteiger partial charge in [0.2, 0.25) is 11.8 Å². The zero-order valence-corrected chi connectivity index (χ0v) is 24.0. The number of nitrogens with zero attached hydrogens (tertiary/aromatic N) is 2. The molecule has 0 aliphatic rings. The van der Waals surface area contributed by atoms with Gasteiger partial charge in [-0.2, -0.15) is 0 Å². The highest BCUT2D eigenvalue weighted by Gasteiger charge is 2.33. The maximum Gasteiger partial charge on any atom is 0.264 e. The van der Waals surface area contributed by atoms with Crippen LogP contribution in [-0.2, 0) is 26.2 Å². The Hall–Kier alpha value is -3.85. The minimum absolute atomic E-state index is 0.0489. The Kier molecular flexibility index (Phi) is 10.1. The second kappa shape index (κ2) is 13.3. The quantitative estimate of drug-likeness (QED) is 0.359. The summed E-state index contributed by atoms with van der Waals surface area (Å²) in [4.78, 5) is 28.4. The average Bonchev–Trinajstić information content (AvgIpc) is 2.93. The zero-order valence-electron chi connectivity index (χ0n) is 23.2. The number of anilines is 1. The highest BCUT2D eigenvalue weighted by molar-refractivity contribution is 7.92. The minimum Gasteiger partial charge on any atom is -0.495 e. The molecule has 208 valence electrons. The van der Waals surface area contributed by atoms with Crippen LogP contribution in [0.15, 0.2) is 77.7 Å². The van der Waals surface area contributed by atoms with E-state index in [0.717, 1.165) is 27.4 Å². The van der Waals surface area contributed by atoms with Crippen LogP contribution in [0.25, 0.3) is 0 Å². The molecule has 0 fully saturated rings. The molecule has 3 aromatic rings. The molecule has 0 heterocycles. The monoisotopic (exact) mass is 551 g/mol. The fourth-order valence-corrected chi connectivity index (χ4v) is 5.52. The second-order valence-corrected chi connectivity index (χ2v) is 11.3. The number of carbonyl (C=O) groups is 2. The second-order valence-electron chi connectivity index (χ2n) is 9.47. The van der Waals surface area contributed by atoms with Crippen molar-refractivity contribution in [2.45, 2.75) is 51.6 Å². The first-order chi connectivity index (χ1) is 18.6. The number of sulfonamides is 1. The number of nitrogens with one attached hydrogen (secondary N) is 1. The highest BCUT2D eigenvalue weighted by atomic mass is 32.2. The van der Waals surface area contributed by atoms with Crippen molar-refractivity contribution in [3.8, 4) is 5.75 Å². The van der Waals surface area contributed by atoms with Gasteiger partial charge < -0.3 is 15.0 Å². The predicted molar refractivity (Wildman–Crippen MR) is 153 cm³/mol. The largest absolute Gasteiger partial charge is 0.495 e. The lowest BCUT2D eigenvalue weighted by atomic mass is 10.1. The summed E-state index contributed by atoms with van der Waals surface area (Å²) in [7, 11) is -2.72. The predicted octanol–water partition coefficient (Wildman–Crippen LogP) is 4.45. The van der Waals surface area contributed by atoms with E-state index < -0.39 is 28.5 Å². The van der Waals surface area contributed by atoms with E-state index in [1.807, 2.05) is 57.2 Å². The summed E-state index contributed by atoms with van der Waals surface area (Å²) in [6.45, 7) is 7.40. The summed E-state index contributed by atoms with van der Waals surface area (Å²) in [5.74, 6) is -0.508. The van der Waals surface area contributed by atoms with Gasteiger partial charge in [0.15, 0.2) is 0 Å². The lowest BCUT2D eigenvalue weighted by Crippen LogP contribution is -2.51. The fourth-order valence-electron chi connectivity index (χ4n) is 4.10. The molecule has 9 heteroatoms. The van der Waals surface area contributed by atoms with Crippen molar-refractivity contribution in [1.82, 2.24) is 10.2 Å². The molecule has 1 N–H and O–H groups in total. The number of aryl methyl sites for hydroxylation is 2. The van der Waals surface area contributed by atoms with E-state index in [1.165, 1.54) is 24.1 Å². The lowest BCUT2D eigenvalue weighted by Gasteiger charge is -2.32. The zero-order chi connectivity index (χ0) is 28.6.